The van der Waals surface area contributed by atoms with Crippen molar-refractivity contribution >= 4 is 23.0 Å². The van der Waals surface area contributed by atoms with Gasteiger partial charge in [0.15, 0.2) is 5.58 Å². The summed E-state index contributed by atoms with van der Waals surface area (Å²) in [5.74, 6) is -0.376. The van der Waals surface area contributed by atoms with Crippen molar-refractivity contribution in [3.63, 3.8) is 0 Å². The van der Waals surface area contributed by atoms with Crippen LogP contribution in [0.5, 0.6) is 5.75 Å². The number of methoxy groups -OCH3 is 2. The number of carbonyl (C=O) groups is 2. The lowest BCUT2D eigenvalue weighted by Gasteiger charge is -2.32. The van der Waals surface area contributed by atoms with Gasteiger partial charge in [0.05, 0.1) is 25.3 Å². The first-order valence-corrected chi connectivity index (χ1v) is 9.68. The molecular formula is C22H22N2O6. The smallest absolute Gasteiger partial charge is 0.420 e. The number of esters is 1. The third-order valence-corrected chi connectivity index (χ3v) is 5.47. The zero-order valence-electron chi connectivity index (χ0n) is 16.8. The SMILES string of the molecule is COC(=O)c1ccc2oc(=O)n(C3CCN(C(=O)c4cccc(OC)c4)CC3)c2c1. The Morgan fingerprint density at radius 1 is 1.03 bits per heavy atom. The van der Waals surface area contributed by atoms with Crippen molar-refractivity contribution < 1.29 is 23.5 Å². The van der Waals surface area contributed by atoms with Crippen LogP contribution in [0.3, 0.4) is 0 Å². The van der Waals surface area contributed by atoms with Crippen LogP contribution < -0.4 is 10.5 Å². The average Bonchev–Trinajstić information content (AvgIpc) is 3.13. The maximum atomic E-state index is 12.8. The molecule has 2 aromatic carbocycles. The number of amides is 1. The molecule has 2 heterocycles. The maximum absolute atomic E-state index is 12.8. The van der Waals surface area contributed by atoms with E-state index in [1.807, 2.05) is 0 Å². The molecule has 0 spiro atoms. The molecular weight excluding hydrogens is 388 g/mol. The van der Waals surface area contributed by atoms with Crippen LogP contribution >= 0.6 is 0 Å². The third-order valence-electron chi connectivity index (χ3n) is 5.47. The topological polar surface area (TPSA) is 91.0 Å². The molecule has 1 amide bonds. The summed E-state index contributed by atoms with van der Waals surface area (Å²) in [5.41, 5.74) is 1.90. The van der Waals surface area contributed by atoms with Gasteiger partial charge >= 0.3 is 11.7 Å². The predicted molar refractivity (Wildman–Crippen MR) is 109 cm³/mol. The lowest BCUT2D eigenvalue weighted by molar-refractivity contribution is 0.0600. The predicted octanol–water partition coefficient (Wildman–Crippen LogP) is 2.87. The Morgan fingerprint density at radius 3 is 2.50 bits per heavy atom. The number of rotatable bonds is 4. The molecule has 0 radical (unpaired) electrons. The first kappa shape index (κ1) is 19.8. The van der Waals surface area contributed by atoms with Gasteiger partial charge in [-0.3, -0.25) is 9.36 Å². The zero-order chi connectivity index (χ0) is 21.3. The number of hydrogen-bond acceptors (Lipinski definition) is 6. The van der Waals surface area contributed by atoms with Crippen molar-refractivity contribution in [3.05, 3.63) is 64.1 Å². The molecule has 0 N–H and O–H groups in total. The van der Waals surface area contributed by atoms with Gasteiger partial charge in [-0.2, -0.15) is 0 Å². The second kappa shape index (κ2) is 8.06. The standard InChI is InChI=1S/C22H22N2O6/c1-28-17-5-3-4-14(12-17)20(25)23-10-8-16(9-11-23)24-18-13-15(21(26)29-2)6-7-19(18)30-22(24)27/h3-7,12-13,16H,8-11H2,1-2H3. The van der Waals surface area contributed by atoms with Gasteiger partial charge in [-0.1, -0.05) is 6.07 Å². The summed E-state index contributed by atoms with van der Waals surface area (Å²) in [6, 6.07) is 11.7. The highest BCUT2D eigenvalue weighted by Gasteiger charge is 2.28. The maximum Gasteiger partial charge on any atom is 0.420 e. The molecule has 3 aromatic rings. The Hall–Kier alpha value is -3.55. The lowest BCUT2D eigenvalue weighted by Crippen LogP contribution is -2.40. The molecule has 156 valence electrons. The van der Waals surface area contributed by atoms with Gasteiger partial charge in [0.1, 0.15) is 5.75 Å². The van der Waals surface area contributed by atoms with E-state index < -0.39 is 11.7 Å². The van der Waals surface area contributed by atoms with E-state index in [4.69, 9.17) is 13.9 Å². The van der Waals surface area contributed by atoms with Gasteiger partial charge in [0.25, 0.3) is 5.91 Å². The van der Waals surface area contributed by atoms with Crippen molar-refractivity contribution in [2.24, 2.45) is 0 Å². The Kier molecular flexibility index (Phi) is 5.31. The van der Waals surface area contributed by atoms with Crippen molar-refractivity contribution in [2.75, 3.05) is 27.3 Å². The number of carbonyl (C=O) groups excluding carboxylic acids is 2. The fraction of sp³-hybridized carbons (Fsp3) is 0.318. The molecule has 0 bridgehead atoms. The van der Waals surface area contributed by atoms with Crippen molar-refractivity contribution in [2.45, 2.75) is 18.9 Å². The van der Waals surface area contributed by atoms with Crippen LogP contribution in [0.4, 0.5) is 0 Å². The van der Waals surface area contributed by atoms with Crippen LogP contribution in [-0.2, 0) is 4.74 Å². The van der Waals surface area contributed by atoms with E-state index in [9.17, 15) is 14.4 Å². The molecule has 0 atom stereocenters. The minimum absolute atomic E-state index is 0.0651. The summed E-state index contributed by atoms with van der Waals surface area (Å²) in [6.45, 7) is 1.02. The molecule has 30 heavy (non-hydrogen) atoms. The number of piperidine rings is 1. The summed E-state index contributed by atoms with van der Waals surface area (Å²) < 4.78 is 16.9. The summed E-state index contributed by atoms with van der Waals surface area (Å²) in [6.07, 6.45) is 1.21. The fourth-order valence-electron chi connectivity index (χ4n) is 3.89. The monoisotopic (exact) mass is 410 g/mol. The number of fused-ring (bicyclic) bond motifs is 1. The summed E-state index contributed by atoms with van der Waals surface area (Å²) >= 11 is 0. The second-order valence-electron chi connectivity index (χ2n) is 7.17. The Morgan fingerprint density at radius 2 is 1.80 bits per heavy atom. The van der Waals surface area contributed by atoms with Crippen LogP contribution in [0, 0.1) is 0 Å². The quantitative estimate of drug-likeness (QED) is 0.615. The molecule has 0 aliphatic carbocycles. The van der Waals surface area contributed by atoms with Gasteiger partial charge in [-0.25, -0.2) is 9.59 Å². The van der Waals surface area contributed by atoms with Crippen molar-refractivity contribution in [3.8, 4) is 5.75 Å². The highest BCUT2D eigenvalue weighted by molar-refractivity contribution is 5.95. The van der Waals surface area contributed by atoms with E-state index in [2.05, 4.69) is 0 Å². The van der Waals surface area contributed by atoms with E-state index in [-0.39, 0.29) is 11.9 Å². The largest absolute Gasteiger partial charge is 0.497 e. The molecule has 1 aliphatic rings. The van der Waals surface area contributed by atoms with Gasteiger partial charge in [0, 0.05) is 24.7 Å². The first-order chi connectivity index (χ1) is 14.5. The number of ether oxygens (including phenoxy) is 2. The number of benzene rings is 2. The number of oxazole rings is 1. The highest BCUT2D eigenvalue weighted by atomic mass is 16.5. The summed E-state index contributed by atoms with van der Waals surface area (Å²) in [5, 5.41) is 0. The van der Waals surface area contributed by atoms with E-state index in [1.54, 1.807) is 59.0 Å². The summed E-state index contributed by atoms with van der Waals surface area (Å²) in [7, 11) is 2.87. The normalized spacial score (nSPS) is 14.7. The van der Waals surface area contributed by atoms with Crippen LogP contribution in [0.1, 0.15) is 39.6 Å². The van der Waals surface area contributed by atoms with Gasteiger partial charge in [0.2, 0.25) is 0 Å². The molecule has 8 nitrogen and oxygen atoms in total. The minimum Gasteiger partial charge on any atom is -0.497 e. The fourth-order valence-corrected chi connectivity index (χ4v) is 3.89. The molecule has 1 aliphatic heterocycles. The Labute approximate surface area is 172 Å². The van der Waals surface area contributed by atoms with Crippen LogP contribution in [0.25, 0.3) is 11.1 Å². The molecule has 1 saturated heterocycles. The van der Waals surface area contributed by atoms with E-state index in [0.29, 0.717) is 53.9 Å². The molecule has 0 unspecified atom stereocenters. The first-order valence-electron chi connectivity index (χ1n) is 9.68. The van der Waals surface area contributed by atoms with Crippen LogP contribution in [0.15, 0.2) is 51.7 Å². The van der Waals surface area contributed by atoms with E-state index in [0.717, 1.165) is 0 Å². The van der Waals surface area contributed by atoms with Crippen LogP contribution in [-0.4, -0.2) is 48.7 Å². The average molecular weight is 410 g/mol. The van der Waals surface area contributed by atoms with Gasteiger partial charge < -0.3 is 18.8 Å². The van der Waals surface area contributed by atoms with Gasteiger partial charge in [-0.15, -0.1) is 0 Å². The molecule has 8 heteroatoms. The zero-order valence-corrected chi connectivity index (χ0v) is 16.8. The highest BCUT2D eigenvalue weighted by Crippen LogP contribution is 2.27. The van der Waals surface area contributed by atoms with Crippen molar-refractivity contribution in [1.29, 1.82) is 0 Å². The van der Waals surface area contributed by atoms with Crippen LogP contribution in [0.2, 0.25) is 0 Å². The van der Waals surface area contributed by atoms with E-state index >= 15 is 0 Å². The third kappa shape index (κ3) is 3.56. The Balaban J connectivity index is 1.54. The molecule has 4 rings (SSSR count). The molecule has 1 fully saturated rings. The van der Waals surface area contributed by atoms with Crippen molar-refractivity contribution in [1.82, 2.24) is 9.47 Å². The number of nitrogens with zero attached hydrogens (tertiary/aromatic N) is 2. The number of likely N-dealkylation sites (tertiary alicyclic amines) is 1. The molecule has 1 aromatic heterocycles. The van der Waals surface area contributed by atoms with E-state index in [1.165, 1.54) is 7.11 Å². The summed E-state index contributed by atoms with van der Waals surface area (Å²) in [4.78, 5) is 38.9. The minimum atomic E-state index is -0.476. The lowest BCUT2D eigenvalue weighted by atomic mass is 10.0. The number of aromatic nitrogens is 1. The molecule has 0 saturated carbocycles. The second-order valence-corrected chi connectivity index (χ2v) is 7.17. The van der Waals surface area contributed by atoms with Gasteiger partial charge in [-0.05, 0) is 49.2 Å². The number of hydrogen-bond donors (Lipinski definition) is 0. The Bertz CT molecular complexity index is 1150.